The van der Waals surface area contributed by atoms with Crippen molar-refractivity contribution in [3.8, 4) is 11.3 Å². The van der Waals surface area contributed by atoms with Crippen LogP contribution in [0.15, 0.2) is 121 Å². The molecule has 12 heteroatoms. The summed E-state index contributed by atoms with van der Waals surface area (Å²) < 4.78 is 27.4. The van der Waals surface area contributed by atoms with Crippen molar-refractivity contribution in [2.75, 3.05) is 5.32 Å². The molecule has 0 saturated carbocycles. The van der Waals surface area contributed by atoms with E-state index in [0.29, 0.717) is 34.4 Å². The molecule has 6 aromatic rings. The average Bonchev–Trinajstić information content (AvgIpc) is 3.47. The molecule has 0 unspecified atom stereocenters. The molecule has 0 bridgehead atoms. The third-order valence-electron chi connectivity index (χ3n) is 6.75. The van der Waals surface area contributed by atoms with E-state index < -0.39 is 14.9 Å². The highest BCUT2D eigenvalue weighted by molar-refractivity contribution is 7.90. The van der Waals surface area contributed by atoms with E-state index >= 15 is 0 Å². The Labute approximate surface area is 245 Å². The van der Waals surface area contributed by atoms with E-state index in [4.69, 9.17) is 0 Å². The molecule has 11 nitrogen and oxygen atoms in total. The van der Waals surface area contributed by atoms with Crippen molar-refractivity contribution in [2.45, 2.75) is 11.3 Å². The zero-order chi connectivity index (χ0) is 30.0. The Morgan fingerprint density at radius 3 is 2.35 bits per heavy atom. The van der Waals surface area contributed by atoms with Crippen molar-refractivity contribution in [2.24, 2.45) is 0 Å². The summed E-state index contributed by atoms with van der Waals surface area (Å²) in [7, 11) is -3.79. The van der Waals surface area contributed by atoms with Gasteiger partial charge in [0.2, 0.25) is 0 Å². The van der Waals surface area contributed by atoms with Crippen LogP contribution in [0.4, 0.5) is 11.4 Å². The monoisotopic (exact) mass is 590 g/mol. The van der Waals surface area contributed by atoms with Crippen LogP contribution in [-0.4, -0.2) is 38.2 Å². The lowest BCUT2D eigenvalue weighted by Crippen LogP contribution is -2.12. The first kappa shape index (κ1) is 27.4. The van der Waals surface area contributed by atoms with Gasteiger partial charge < -0.3 is 5.32 Å². The van der Waals surface area contributed by atoms with Gasteiger partial charge in [-0.2, -0.15) is 0 Å². The summed E-state index contributed by atoms with van der Waals surface area (Å²) in [4.78, 5) is 36.2. The summed E-state index contributed by atoms with van der Waals surface area (Å²) in [6.07, 6.45) is 5.06. The minimum atomic E-state index is -3.79. The Morgan fingerprint density at radius 1 is 0.884 bits per heavy atom. The fourth-order valence-corrected chi connectivity index (χ4v) is 5.87. The van der Waals surface area contributed by atoms with Gasteiger partial charge in [-0.1, -0.05) is 30.3 Å². The molecule has 0 atom stereocenters. The van der Waals surface area contributed by atoms with Crippen molar-refractivity contribution in [1.29, 1.82) is 0 Å². The highest BCUT2D eigenvalue weighted by Gasteiger charge is 2.20. The van der Waals surface area contributed by atoms with Gasteiger partial charge in [0.1, 0.15) is 6.33 Å². The molecule has 0 radical (unpaired) electrons. The van der Waals surface area contributed by atoms with Crippen LogP contribution in [0.3, 0.4) is 0 Å². The Bertz CT molecular complexity index is 2080. The number of benzene rings is 3. The molecule has 3 aromatic carbocycles. The number of hydrogen-bond donors (Lipinski definition) is 1. The fourth-order valence-electron chi connectivity index (χ4n) is 4.54. The van der Waals surface area contributed by atoms with Crippen molar-refractivity contribution in [3.05, 3.63) is 143 Å². The number of nitrogens with one attached hydrogen (secondary N) is 1. The molecule has 1 amide bonds. The van der Waals surface area contributed by atoms with E-state index in [1.807, 2.05) is 24.3 Å². The van der Waals surface area contributed by atoms with Gasteiger partial charge in [0.25, 0.3) is 21.6 Å². The van der Waals surface area contributed by atoms with Crippen LogP contribution in [0.25, 0.3) is 22.3 Å². The van der Waals surface area contributed by atoms with Crippen LogP contribution in [0.2, 0.25) is 0 Å². The quantitative estimate of drug-likeness (QED) is 0.181. The second-order valence-corrected chi connectivity index (χ2v) is 11.4. The summed E-state index contributed by atoms with van der Waals surface area (Å²) in [6, 6.07) is 26.3. The standard InChI is InChI=1S/C31H22N6O5S/c38-31(22-8-12-27(13-9-22)37(39)40)35-25-10-6-21(7-11-25)16-26-18-29(34-20-33-26)24-17-23-14-15-36(30(23)32-19-24)43(41,42)28-4-2-1-3-5-28/h1-15,17-20H,16H2,(H,35,38). The van der Waals surface area contributed by atoms with E-state index in [1.54, 1.807) is 54.7 Å². The SMILES string of the molecule is O=C(Nc1ccc(Cc2cc(-c3cnc4c(ccn4S(=O)(=O)c4ccccc4)c3)ncn2)cc1)c1ccc([N+](=O)[O-])cc1. The molecule has 43 heavy (non-hydrogen) atoms. The lowest BCUT2D eigenvalue weighted by molar-refractivity contribution is -0.384. The van der Waals surface area contributed by atoms with Gasteiger partial charge in [0.05, 0.1) is 15.5 Å². The maximum atomic E-state index is 13.1. The molecule has 0 saturated heterocycles. The lowest BCUT2D eigenvalue weighted by atomic mass is 10.1. The Balaban J connectivity index is 1.16. The number of rotatable bonds is 8. The number of non-ortho nitro benzene ring substituents is 1. The maximum absolute atomic E-state index is 13.1. The lowest BCUT2D eigenvalue weighted by Gasteiger charge is -2.08. The van der Waals surface area contributed by atoms with E-state index in [2.05, 4.69) is 20.3 Å². The van der Waals surface area contributed by atoms with Gasteiger partial charge in [-0.15, -0.1) is 0 Å². The number of pyridine rings is 1. The van der Waals surface area contributed by atoms with Crippen molar-refractivity contribution >= 4 is 38.3 Å². The van der Waals surface area contributed by atoms with E-state index in [9.17, 15) is 23.3 Å². The molecule has 0 aliphatic heterocycles. The zero-order valence-electron chi connectivity index (χ0n) is 22.4. The first-order chi connectivity index (χ1) is 20.8. The number of hydrogen-bond acceptors (Lipinski definition) is 8. The summed E-state index contributed by atoms with van der Waals surface area (Å²) in [5, 5.41) is 14.3. The molecular weight excluding hydrogens is 568 g/mol. The Hall–Kier alpha value is -5.75. The molecule has 0 aliphatic carbocycles. The molecular formula is C31H22N6O5S. The topological polar surface area (TPSA) is 150 Å². The predicted molar refractivity (Wildman–Crippen MR) is 160 cm³/mol. The van der Waals surface area contributed by atoms with Gasteiger partial charge in [-0.3, -0.25) is 14.9 Å². The van der Waals surface area contributed by atoms with Crippen LogP contribution in [0.5, 0.6) is 0 Å². The predicted octanol–water partition coefficient (Wildman–Crippen LogP) is 5.48. The van der Waals surface area contributed by atoms with Crippen LogP contribution in [0.1, 0.15) is 21.6 Å². The Kier molecular flexibility index (Phi) is 7.18. The highest BCUT2D eigenvalue weighted by Crippen LogP contribution is 2.26. The molecule has 6 rings (SSSR count). The fraction of sp³-hybridized carbons (Fsp3) is 0.0323. The normalized spacial score (nSPS) is 11.3. The maximum Gasteiger partial charge on any atom is 0.269 e. The van der Waals surface area contributed by atoms with Gasteiger partial charge in [0.15, 0.2) is 5.65 Å². The van der Waals surface area contributed by atoms with Gasteiger partial charge in [-0.05, 0) is 60.2 Å². The third kappa shape index (κ3) is 5.72. The second kappa shape index (κ2) is 11.3. The van der Waals surface area contributed by atoms with E-state index in [0.717, 1.165) is 16.8 Å². The molecule has 0 aliphatic rings. The number of nitrogens with zero attached hydrogens (tertiary/aromatic N) is 5. The molecule has 0 spiro atoms. The molecule has 3 heterocycles. The molecule has 0 fully saturated rings. The third-order valence-corrected chi connectivity index (χ3v) is 8.43. The largest absolute Gasteiger partial charge is 0.322 e. The number of anilines is 1. The minimum absolute atomic E-state index is 0.0843. The van der Waals surface area contributed by atoms with Gasteiger partial charge in [0, 0.05) is 58.8 Å². The van der Waals surface area contributed by atoms with Gasteiger partial charge >= 0.3 is 0 Å². The summed E-state index contributed by atoms with van der Waals surface area (Å²) in [6.45, 7) is 0. The minimum Gasteiger partial charge on any atom is -0.322 e. The second-order valence-electron chi connectivity index (χ2n) is 9.59. The number of fused-ring (bicyclic) bond motifs is 1. The highest BCUT2D eigenvalue weighted by atomic mass is 32.2. The Morgan fingerprint density at radius 2 is 1.63 bits per heavy atom. The summed E-state index contributed by atoms with van der Waals surface area (Å²) in [5.41, 5.74) is 4.20. The molecule has 1 N–H and O–H groups in total. The van der Waals surface area contributed by atoms with Crippen LogP contribution in [-0.2, 0) is 16.4 Å². The van der Waals surface area contributed by atoms with Crippen molar-refractivity contribution in [1.82, 2.24) is 18.9 Å². The molecule has 212 valence electrons. The first-order valence-electron chi connectivity index (χ1n) is 13.0. The van der Waals surface area contributed by atoms with Gasteiger partial charge in [-0.25, -0.2) is 27.3 Å². The number of nitro groups is 1. The average molecular weight is 591 g/mol. The van der Waals surface area contributed by atoms with Crippen LogP contribution < -0.4 is 5.32 Å². The van der Waals surface area contributed by atoms with Crippen molar-refractivity contribution in [3.63, 3.8) is 0 Å². The summed E-state index contributed by atoms with van der Waals surface area (Å²) in [5.74, 6) is -0.373. The van der Waals surface area contributed by atoms with Crippen LogP contribution >= 0.6 is 0 Å². The van der Waals surface area contributed by atoms with E-state index in [-0.39, 0.29) is 16.5 Å². The number of carbonyl (C=O) groups is 1. The summed E-state index contributed by atoms with van der Waals surface area (Å²) >= 11 is 0. The zero-order valence-corrected chi connectivity index (χ0v) is 23.2. The number of nitro benzene ring substituents is 1. The molecule has 3 aromatic heterocycles. The first-order valence-corrected chi connectivity index (χ1v) is 14.5. The number of carbonyl (C=O) groups excluding carboxylic acids is 1. The number of amides is 1. The smallest absolute Gasteiger partial charge is 0.269 e. The van der Waals surface area contributed by atoms with Crippen molar-refractivity contribution < 1.29 is 18.1 Å². The number of aromatic nitrogens is 4. The van der Waals surface area contributed by atoms with E-state index in [1.165, 1.54) is 40.8 Å². The van der Waals surface area contributed by atoms with Crippen LogP contribution in [0, 0.1) is 10.1 Å².